The van der Waals surface area contributed by atoms with Gasteiger partial charge in [0.2, 0.25) is 5.91 Å². The van der Waals surface area contributed by atoms with Gasteiger partial charge in [0, 0.05) is 24.1 Å². The van der Waals surface area contributed by atoms with Crippen LogP contribution in [0.1, 0.15) is 49.3 Å². The third-order valence-electron chi connectivity index (χ3n) is 6.84. The van der Waals surface area contributed by atoms with E-state index in [4.69, 9.17) is 9.47 Å². The van der Waals surface area contributed by atoms with E-state index in [1.54, 1.807) is 20.3 Å². The van der Waals surface area contributed by atoms with Crippen LogP contribution in [0, 0.1) is 5.92 Å². The fourth-order valence-corrected chi connectivity index (χ4v) is 5.20. The van der Waals surface area contributed by atoms with Crippen molar-refractivity contribution in [2.45, 2.75) is 43.7 Å². The van der Waals surface area contributed by atoms with Gasteiger partial charge in [-0.25, -0.2) is 0 Å². The third kappa shape index (κ3) is 4.33. The van der Waals surface area contributed by atoms with Gasteiger partial charge in [-0.15, -0.1) is 0 Å². The lowest BCUT2D eigenvalue weighted by molar-refractivity contribution is -0.151. The van der Waals surface area contributed by atoms with Gasteiger partial charge in [-0.05, 0) is 49.1 Å². The maximum Gasteiger partial charge on any atom is 0.247 e. The van der Waals surface area contributed by atoms with Crippen molar-refractivity contribution < 1.29 is 19.4 Å². The molecule has 1 saturated carbocycles. The molecule has 3 atom stereocenters. The topological polar surface area (TPSA) is 59.0 Å². The van der Waals surface area contributed by atoms with Crippen molar-refractivity contribution in [2.75, 3.05) is 20.8 Å². The standard InChI is InChI=1S/C26H31NO4/c1-30-20-13-10-19(11-14-20)12-15-24(28)27-18-17-26(29)16-6-5-8-22(26)25(27)21-7-3-4-9-23(21)31-2/h3-4,7,9-15,22,25,29H,5-6,8,16-18H2,1-2H3/b15-12+/t22-,25-,26-/m0/s1. The second-order valence-electron chi connectivity index (χ2n) is 8.53. The van der Waals surface area contributed by atoms with E-state index in [-0.39, 0.29) is 17.9 Å². The maximum absolute atomic E-state index is 13.3. The van der Waals surface area contributed by atoms with Crippen LogP contribution in [0.4, 0.5) is 0 Å². The molecule has 0 spiro atoms. The molecule has 5 nitrogen and oxygen atoms in total. The summed E-state index contributed by atoms with van der Waals surface area (Å²) in [6.07, 6.45) is 7.91. The minimum absolute atomic E-state index is 0.00429. The highest BCUT2D eigenvalue weighted by molar-refractivity contribution is 5.92. The maximum atomic E-state index is 13.3. The fourth-order valence-electron chi connectivity index (χ4n) is 5.20. The van der Waals surface area contributed by atoms with Crippen LogP contribution in [0.3, 0.4) is 0 Å². The Balaban J connectivity index is 1.65. The first-order valence-electron chi connectivity index (χ1n) is 11.0. The molecule has 164 valence electrons. The summed E-state index contributed by atoms with van der Waals surface area (Å²) in [7, 11) is 3.29. The van der Waals surface area contributed by atoms with E-state index in [1.807, 2.05) is 59.5 Å². The predicted octanol–water partition coefficient (Wildman–Crippen LogP) is 4.61. The summed E-state index contributed by atoms with van der Waals surface area (Å²) < 4.78 is 10.8. The van der Waals surface area contributed by atoms with Crippen LogP contribution >= 0.6 is 0 Å². The van der Waals surface area contributed by atoms with Gasteiger partial charge >= 0.3 is 0 Å². The number of nitrogens with zero attached hydrogens (tertiary/aromatic N) is 1. The van der Waals surface area contributed by atoms with Gasteiger partial charge in [0.05, 0.1) is 25.9 Å². The number of amides is 1. The van der Waals surface area contributed by atoms with E-state index in [9.17, 15) is 9.90 Å². The number of likely N-dealkylation sites (tertiary alicyclic amines) is 1. The third-order valence-corrected chi connectivity index (χ3v) is 6.84. The summed E-state index contributed by atoms with van der Waals surface area (Å²) in [5.41, 5.74) is 1.19. The Morgan fingerprint density at radius 1 is 1.06 bits per heavy atom. The van der Waals surface area contributed by atoms with E-state index in [0.717, 1.165) is 48.3 Å². The molecule has 1 aliphatic carbocycles. The number of carbonyl (C=O) groups is 1. The van der Waals surface area contributed by atoms with E-state index >= 15 is 0 Å². The first kappa shape index (κ1) is 21.4. The molecule has 31 heavy (non-hydrogen) atoms. The Labute approximate surface area is 184 Å². The molecule has 1 saturated heterocycles. The summed E-state index contributed by atoms with van der Waals surface area (Å²) in [4.78, 5) is 15.3. The van der Waals surface area contributed by atoms with E-state index < -0.39 is 5.60 Å². The van der Waals surface area contributed by atoms with Crippen LogP contribution in [0.2, 0.25) is 0 Å². The van der Waals surface area contributed by atoms with Crippen LogP contribution in [0.15, 0.2) is 54.6 Å². The summed E-state index contributed by atoms with van der Waals surface area (Å²) in [5.74, 6) is 1.51. The van der Waals surface area contributed by atoms with Gasteiger partial charge in [-0.1, -0.05) is 43.2 Å². The molecule has 5 heteroatoms. The van der Waals surface area contributed by atoms with Crippen molar-refractivity contribution >= 4 is 12.0 Å². The molecular weight excluding hydrogens is 390 g/mol. The average molecular weight is 422 g/mol. The number of carbonyl (C=O) groups excluding carboxylic acids is 1. The van der Waals surface area contributed by atoms with Gasteiger partial charge in [0.1, 0.15) is 11.5 Å². The van der Waals surface area contributed by atoms with Gasteiger partial charge in [0.15, 0.2) is 0 Å². The summed E-state index contributed by atoms with van der Waals surface area (Å²) in [5, 5.41) is 11.4. The van der Waals surface area contributed by atoms with Gasteiger partial charge in [0.25, 0.3) is 0 Å². The smallest absolute Gasteiger partial charge is 0.247 e. The SMILES string of the molecule is COc1ccc(/C=C/C(=O)N2CC[C@@]3(O)CCCC[C@H]3[C@@H]2c2ccccc2OC)cc1. The fraction of sp³-hybridized carbons (Fsp3) is 0.423. The second-order valence-corrected chi connectivity index (χ2v) is 8.53. The van der Waals surface area contributed by atoms with Crippen LogP contribution in [0.25, 0.3) is 6.08 Å². The summed E-state index contributed by atoms with van der Waals surface area (Å²) in [6.45, 7) is 0.529. The minimum Gasteiger partial charge on any atom is -0.497 e. The van der Waals surface area contributed by atoms with Crippen molar-refractivity contribution in [3.8, 4) is 11.5 Å². The first-order chi connectivity index (χ1) is 15.1. The van der Waals surface area contributed by atoms with Crippen LogP contribution in [-0.4, -0.2) is 42.3 Å². The molecule has 1 N–H and O–H groups in total. The predicted molar refractivity (Wildman–Crippen MR) is 121 cm³/mol. The largest absolute Gasteiger partial charge is 0.497 e. The average Bonchev–Trinajstić information content (AvgIpc) is 2.81. The van der Waals surface area contributed by atoms with Crippen molar-refractivity contribution in [1.82, 2.24) is 4.90 Å². The Morgan fingerprint density at radius 3 is 2.58 bits per heavy atom. The van der Waals surface area contributed by atoms with Gasteiger partial charge < -0.3 is 19.5 Å². The Hall–Kier alpha value is -2.79. The zero-order valence-corrected chi connectivity index (χ0v) is 18.3. The lowest BCUT2D eigenvalue weighted by Gasteiger charge is -2.52. The Bertz CT molecular complexity index is 939. The molecule has 2 aromatic rings. The first-order valence-corrected chi connectivity index (χ1v) is 11.0. The number of hydrogen-bond donors (Lipinski definition) is 1. The number of piperidine rings is 1. The Morgan fingerprint density at radius 2 is 1.84 bits per heavy atom. The van der Waals surface area contributed by atoms with Crippen LogP contribution in [0.5, 0.6) is 11.5 Å². The molecule has 0 bridgehead atoms. The van der Waals surface area contributed by atoms with E-state index in [0.29, 0.717) is 13.0 Å². The molecule has 2 aliphatic rings. The van der Waals surface area contributed by atoms with Crippen molar-refractivity contribution in [3.63, 3.8) is 0 Å². The lowest BCUT2D eigenvalue weighted by atomic mass is 9.66. The van der Waals surface area contributed by atoms with Crippen molar-refractivity contribution in [2.24, 2.45) is 5.92 Å². The zero-order valence-electron chi connectivity index (χ0n) is 18.3. The molecule has 2 aromatic carbocycles. The number of fused-ring (bicyclic) bond motifs is 1. The number of aliphatic hydroxyl groups is 1. The highest BCUT2D eigenvalue weighted by Crippen LogP contribution is 2.50. The van der Waals surface area contributed by atoms with Crippen molar-refractivity contribution in [1.29, 1.82) is 0 Å². The normalized spacial score (nSPS) is 25.8. The molecule has 0 aromatic heterocycles. The number of ether oxygens (including phenoxy) is 2. The number of rotatable bonds is 5. The number of benzene rings is 2. The molecule has 4 rings (SSSR count). The van der Waals surface area contributed by atoms with E-state index in [2.05, 4.69) is 0 Å². The summed E-state index contributed by atoms with van der Waals surface area (Å²) in [6, 6.07) is 15.3. The molecule has 1 aliphatic heterocycles. The van der Waals surface area contributed by atoms with Crippen LogP contribution < -0.4 is 9.47 Å². The molecule has 0 unspecified atom stereocenters. The molecule has 1 heterocycles. The van der Waals surface area contributed by atoms with E-state index in [1.165, 1.54) is 0 Å². The molecule has 0 radical (unpaired) electrons. The second kappa shape index (κ2) is 9.15. The molecule has 1 amide bonds. The molecular formula is C26H31NO4. The van der Waals surface area contributed by atoms with Gasteiger partial charge in [-0.3, -0.25) is 4.79 Å². The van der Waals surface area contributed by atoms with Gasteiger partial charge in [-0.2, -0.15) is 0 Å². The monoisotopic (exact) mass is 421 g/mol. The lowest BCUT2D eigenvalue weighted by Crippen LogP contribution is -2.56. The Kier molecular flexibility index (Phi) is 6.33. The number of hydrogen-bond acceptors (Lipinski definition) is 4. The highest BCUT2D eigenvalue weighted by atomic mass is 16.5. The highest BCUT2D eigenvalue weighted by Gasteiger charge is 2.50. The number of methoxy groups -OCH3 is 2. The van der Waals surface area contributed by atoms with Crippen LogP contribution in [-0.2, 0) is 4.79 Å². The minimum atomic E-state index is -0.722. The molecule has 2 fully saturated rings. The summed E-state index contributed by atoms with van der Waals surface area (Å²) >= 11 is 0. The van der Waals surface area contributed by atoms with Crippen molar-refractivity contribution in [3.05, 3.63) is 65.7 Å². The quantitative estimate of drug-likeness (QED) is 0.716. The zero-order chi connectivity index (χ0) is 21.8. The number of para-hydroxylation sites is 1.